The third-order valence-electron chi connectivity index (χ3n) is 3.33. The van der Waals surface area contributed by atoms with Crippen LogP contribution in [0.15, 0.2) is 35.3 Å². The Morgan fingerprint density at radius 1 is 1.24 bits per heavy atom. The Balaban J connectivity index is 1.61. The van der Waals surface area contributed by atoms with E-state index in [0.717, 1.165) is 12.4 Å². The number of aliphatic imine (C=N–C) groups is 1. The van der Waals surface area contributed by atoms with Gasteiger partial charge in [-0.05, 0) is 24.8 Å². The highest BCUT2D eigenvalue weighted by Crippen LogP contribution is 2.43. The van der Waals surface area contributed by atoms with Crippen molar-refractivity contribution in [2.45, 2.75) is 37.3 Å². The topological polar surface area (TPSA) is 62.4 Å². The summed E-state index contributed by atoms with van der Waals surface area (Å²) in [7, 11) is 0. The minimum atomic E-state index is 0.384. The Kier molecular flexibility index (Phi) is 2.73. The van der Waals surface area contributed by atoms with Gasteiger partial charge in [-0.25, -0.2) is 10.8 Å². The fraction of sp³-hybridized carbons (Fsp3) is 0.462. The lowest BCUT2D eigenvalue weighted by Gasteiger charge is -2.07. The van der Waals surface area contributed by atoms with Crippen LogP contribution in [-0.4, -0.2) is 18.0 Å². The lowest BCUT2D eigenvalue weighted by molar-refractivity contribution is 0.815. The van der Waals surface area contributed by atoms with Gasteiger partial charge in [0.2, 0.25) is 5.96 Å². The maximum Gasteiger partial charge on any atom is 0.206 e. The molecule has 2 unspecified atom stereocenters. The first-order valence-electron chi connectivity index (χ1n) is 6.22. The SMILES string of the molecule is NNC(=NC1CC1c1ccccc1)NC1CC1. The maximum atomic E-state index is 5.47. The molecule has 4 N–H and O–H groups in total. The van der Waals surface area contributed by atoms with Gasteiger partial charge in [-0.1, -0.05) is 30.3 Å². The minimum absolute atomic E-state index is 0.384. The van der Waals surface area contributed by atoms with Gasteiger partial charge in [0.25, 0.3) is 0 Å². The fourth-order valence-electron chi connectivity index (χ4n) is 2.09. The van der Waals surface area contributed by atoms with E-state index in [1.54, 1.807) is 0 Å². The van der Waals surface area contributed by atoms with Crippen LogP contribution in [0, 0.1) is 0 Å². The molecular formula is C13H18N4. The van der Waals surface area contributed by atoms with Gasteiger partial charge >= 0.3 is 0 Å². The molecule has 1 aromatic carbocycles. The van der Waals surface area contributed by atoms with E-state index in [4.69, 9.17) is 5.84 Å². The average molecular weight is 230 g/mol. The zero-order chi connectivity index (χ0) is 11.7. The Labute approximate surface area is 101 Å². The molecule has 2 atom stereocenters. The summed E-state index contributed by atoms with van der Waals surface area (Å²) in [5.74, 6) is 6.78. The third-order valence-corrected chi connectivity index (χ3v) is 3.33. The fourth-order valence-corrected chi connectivity index (χ4v) is 2.09. The minimum Gasteiger partial charge on any atom is -0.353 e. The summed E-state index contributed by atoms with van der Waals surface area (Å²) in [6.45, 7) is 0. The molecule has 4 heteroatoms. The summed E-state index contributed by atoms with van der Waals surface area (Å²) in [5.41, 5.74) is 4.03. The summed E-state index contributed by atoms with van der Waals surface area (Å²) in [6, 6.07) is 11.5. The Morgan fingerprint density at radius 2 is 2.00 bits per heavy atom. The van der Waals surface area contributed by atoms with Crippen LogP contribution in [0.5, 0.6) is 0 Å². The molecule has 0 heterocycles. The van der Waals surface area contributed by atoms with Crippen LogP contribution >= 0.6 is 0 Å². The molecule has 17 heavy (non-hydrogen) atoms. The van der Waals surface area contributed by atoms with Crippen molar-refractivity contribution in [3.05, 3.63) is 35.9 Å². The predicted molar refractivity (Wildman–Crippen MR) is 68.5 cm³/mol. The van der Waals surface area contributed by atoms with Crippen molar-refractivity contribution < 1.29 is 0 Å². The van der Waals surface area contributed by atoms with E-state index < -0.39 is 0 Å². The summed E-state index contributed by atoms with van der Waals surface area (Å²) in [5, 5.41) is 3.30. The van der Waals surface area contributed by atoms with E-state index in [2.05, 4.69) is 40.0 Å². The van der Waals surface area contributed by atoms with Gasteiger partial charge in [-0.3, -0.25) is 5.43 Å². The van der Waals surface area contributed by atoms with Gasteiger partial charge in [-0.15, -0.1) is 0 Å². The largest absolute Gasteiger partial charge is 0.353 e. The third kappa shape index (κ3) is 2.58. The average Bonchev–Trinajstić information content (AvgIpc) is 3.25. The Hall–Kier alpha value is -1.55. The number of nitrogens with one attached hydrogen (secondary N) is 2. The summed E-state index contributed by atoms with van der Waals surface area (Å²) >= 11 is 0. The van der Waals surface area contributed by atoms with Crippen LogP contribution in [-0.2, 0) is 0 Å². The molecule has 0 aromatic heterocycles. The van der Waals surface area contributed by atoms with Crippen molar-refractivity contribution in [1.29, 1.82) is 0 Å². The molecule has 0 amide bonds. The number of hydrogen-bond acceptors (Lipinski definition) is 2. The van der Waals surface area contributed by atoms with Crippen LogP contribution in [0.25, 0.3) is 0 Å². The van der Waals surface area contributed by atoms with Crippen molar-refractivity contribution in [2.24, 2.45) is 10.8 Å². The first kappa shape index (κ1) is 10.6. The maximum absolute atomic E-state index is 5.47. The second-order valence-electron chi connectivity index (χ2n) is 4.86. The first-order chi connectivity index (χ1) is 8.36. The predicted octanol–water partition coefficient (Wildman–Crippen LogP) is 1.11. The molecule has 0 bridgehead atoms. The second-order valence-corrected chi connectivity index (χ2v) is 4.86. The zero-order valence-electron chi connectivity index (χ0n) is 9.76. The second kappa shape index (κ2) is 4.37. The van der Waals surface area contributed by atoms with Gasteiger partial charge in [0.05, 0.1) is 6.04 Å². The summed E-state index contributed by atoms with van der Waals surface area (Å²) in [4.78, 5) is 4.61. The summed E-state index contributed by atoms with van der Waals surface area (Å²) < 4.78 is 0. The highest BCUT2D eigenvalue weighted by molar-refractivity contribution is 5.80. The van der Waals surface area contributed by atoms with E-state index >= 15 is 0 Å². The standard InChI is InChI=1S/C13H18N4/c14-17-13(15-10-6-7-10)16-12-8-11(12)9-4-2-1-3-5-9/h1-5,10-12H,6-8,14H2,(H2,15,16,17). The van der Waals surface area contributed by atoms with Crippen molar-refractivity contribution in [2.75, 3.05) is 0 Å². The molecule has 0 radical (unpaired) electrons. The number of benzene rings is 1. The van der Waals surface area contributed by atoms with Gasteiger partial charge in [0.15, 0.2) is 0 Å². The summed E-state index contributed by atoms with van der Waals surface area (Å²) in [6.07, 6.45) is 3.59. The molecule has 4 nitrogen and oxygen atoms in total. The monoisotopic (exact) mass is 230 g/mol. The number of hydrogen-bond donors (Lipinski definition) is 3. The molecule has 0 spiro atoms. The number of nitrogens with two attached hydrogens (primary N) is 1. The molecule has 1 aromatic rings. The first-order valence-corrected chi connectivity index (χ1v) is 6.22. The molecule has 0 aliphatic heterocycles. The number of hydrazine groups is 1. The van der Waals surface area contributed by atoms with Crippen molar-refractivity contribution in [3.63, 3.8) is 0 Å². The van der Waals surface area contributed by atoms with Gasteiger partial charge < -0.3 is 5.32 Å². The van der Waals surface area contributed by atoms with Crippen LogP contribution in [0.3, 0.4) is 0 Å². The molecule has 90 valence electrons. The molecule has 0 saturated heterocycles. The van der Waals surface area contributed by atoms with E-state index in [1.165, 1.54) is 18.4 Å². The molecule has 2 aliphatic carbocycles. The highest BCUT2D eigenvalue weighted by atomic mass is 15.3. The van der Waals surface area contributed by atoms with Crippen molar-refractivity contribution in [1.82, 2.24) is 10.7 Å². The molecule has 2 fully saturated rings. The van der Waals surface area contributed by atoms with E-state index in [0.29, 0.717) is 18.0 Å². The zero-order valence-corrected chi connectivity index (χ0v) is 9.76. The molecular weight excluding hydrogens is 212 g/mol. The van der Waals surface area contributed by atoms with E-state index in [1.807, 2.05) is 6.07 Å². The lowest BCUT2D eigenvalue weighted by atomic mass is 10.1. The Morgan fingerprint density at radius 3 is 2.65 bits per heavy atom. The Bertz CT molecular complexity index is 411. The molecule has 3 rings (SSSR count). The van der Waals surface area contributed by atoms with Gasteiger partial charge in [0.1, 0.15) is 0 Å². The quantitative estimate of drug-likeness (QED) is 0.315. The van der Waals surface area contributed by atoms with Crippen molar-refractivity contribution >= 4 is 5.96 Å². The normalized spacial score (nSPS) is 27.7. The lowest BCUT2D eigenvalue weighted by Crippen LogP contribution is -2.42. The molecule has 2 saturated carbocycles. The van der Waals surface area contributed by atoms with Crippen LogP contribution in [0.1, 0.15) is 30.7 Å². The molecule has 2 aliphatic rings. The van der Waals surface area contributed by atoms with Crippen LogP contribution in [0.4, 0.5) is 0 Å². The van der Waals surface area contributed by atoms with Crippen molar-refractivity contribution in [3.8, 4) is 0 Å². The smallest absolute Gasteiger partial charge is 0.206 e. The number of nitrogens with zero attached hydrogens (tertiary/aromatic N) is 1. The van der Waals surface area contributed by atoms with Gasteiger partial charge in [0, 0.05) is 12.0 Å². The van der Waals surface area contributed by atoms with Crippen LogP contribution < -0.4 is 16.6 Å². The van der Waals surface area contributed by atoms with Crippen LogP contribution in [0.2, 0.25) is 0 Å². The number of rotatable bonds is 3. The van der Waals surface area contributed by atoms with E-state index in [-0.39, 0.29) is 0 Å². The number of guanidine groups is 1. The van der Waals surface area contributed by atoms with E-state index in [9.17, 15) is 0 Å². The van der Waals surface area contributed by atoms with Gasteiger partial charge in [-0.2, -0.15) is 0 Å². The highest BCUT2D eigenvalue weighted by Gasteiger charge is 2.38.